The van der Waals surface area contributed by atoms with Gasteiger partial charge in [0, 0.05) is 28.4 Å². The second-order valence-corrected chi connectivity index (χ2v) is 3.49. The maximum atomic E-state index is 5.00. The van der Waals surface area contributed by atoms with E-state index in [2.05, 4.69) is 16.0 Å². The second-order valence-electron chi connectivity index (χ2n) is 3.49. The third kappa shape index (κ3) is 8.97. The van der Waals surface area contributed by atoms with Crippen molar-refractivity contribution in [3.63, 3.8) is 0 Å². The standard InChI is InChI=1S/C11H22N2O4/c1-14-5-10(6-15-2)12-9-13-11(7-16-3)8-17-4/h10-11H,5-8H2,1-4H3. The minimum atomic E-state index is -0.0838. The molecule has 0 aliphatic rings. The van der Waals surface area contributed by atoms with E-state index in [1.807, 2.05) is 0 Å². The molecule has 0 spiro atoms. The number of aliphatic imine (C=N–C) groups is 2. The minimum absolute atomic E-state index is 0.0838. The molecule has 6 nitrogen and oxygen atoms in total. The highest BCUT2D eigenvalue weighted by Crippen LogP contribution is 1.94. The zero-order valence-corrected chi connectivity index (χ0v) is 11.0. The normalized spacial score (nSPS) is 10.7. The van der Waals surface area contributed by atoms with Crippen LogP contribution in [0.5, 0.6) is 0 Å². The first kappa shape index (κ1) is 16.2. The largest absolute Gasteiger partial charge is 0.382 e. The van der Waals surface area contributed by atoms with Gasteiger partial charge < -0.3 is 18.9 Å². The summed E-state index contributed by atoms with van der Waals surface area (Å²) in [5, 5.41) is 0. The molecule has 0 aliphatic heterocycles. The van der Waals surface area contributed by atoms with Crippen molar-refractivity contribution >= 4 is 6.01 Å². The summed E-state index contributed by atoms with van der Waals surface area (Å²) < 4.78 is 20.0. The molecule has 0 saturated carbocycles. The summed E-state index contributed by atoms with van der Waals surface area (Å²) in [6, 6.07) is 2.49. The lowest BCUT2D eigenvalue weighted by Crippen LogP contribution is -2.19. The summed E-state index contributed by atoms with van der Waals surface area (Å²) in [7, 11) is 6.48. The van der Waals surface area contributed by atoms with Gasteiger partial charge in [0.05, 0.1) is 32.4 Å². The molecule has 0 aromatic heterocycles. The Balaban J connectivity index is 4.28. The summed E-state index contributed by atoms with van der Waals surface area (Å²) in [5.74, 6) is 0. The second kappa shape index (κ2) is 11.7. The van der Waals surface area contributed by atoms with E-state index >= 15 is 0 Å². The molecule has 0 bridgehead atoms. The maximum absolute atomic E-state index is 5.00. The monoisotopic (exact) mass is 246 g/mol. The lowest BCUT2D eigenvalue weighted by Gasteiger charge is -2.09. The van der Waals surface area contributed by atoms with Crippen LogP contribution in [0.2, 0.25) is 0 Å². The molecule has 0 saturated heterocycles. The molecule has 17 heavy (non-hydrogen) atoms. The van der Waals surface area contributed by atoms with Crippen molar-refractivity contribution in [1.82, 2.24) is 0 Å². The van der Waals surface area contributed by atoms with E-state index in [9.17, 15) is 0 Å². The molecule has 0 unspecified atom stereocenters. The molecule has 100 valence electrons. The fourth-order valence-corrected chi connectivity index (χ4v) is 1.21. The Morgan fingerprint density at radius 2 is 1.00 bits per heavy atom. The van der Waals surface area contributed by atoms with Crippen LogP contribution in [-0.4, -0.2) is 73.0 Å². The van der Waals surface area contributed by atoms with E-state index in [0.717, 1.165) is 0 Å². The van der Waals surface area contributed by atoms with Gasteiger partial charge in [0.1, 0.15) is 12.1 Å². The van der Waals surface area contributed by atoms with E-state index in [0.29, 0.717) is 26.4 Å². The van der Waals surface area contributed by atoms with Gasteiger partial charge in [0.15, 0.2) is 0 Å². The van der Waals surface area contributed by atoms with E-state index in [1.165, 1.54) is 0 Å². The van der Waals surface area contributed by atoms with Gasteiger partial charge in [0.2, 0.25) is 0 Å². The van der Waals surface area contributed by atoms with Crippen LogP contribution in [0.25, 0.3) is 0 Å². The molecule has 0 N–H and O–H groups in total. The molecule has 6 heteroatoms. The van der Waals surface area contributed by atoms with Gasteiger partial charge in [0.25, 0.3) is 0 Å². The van der Waals surface area contributed by atoms with Crippen LogP contribution in [0, 0.1) is 0 Å². The molecule has 0 aromatic carbocycles. The summed E-state index contributed by atoms with van der Waals surface area (Å²) in [6.07, 6.45) is 0. The van der Waals surface area contributed by atoms with Crippen molar-refractivity contribution in [2.24, 2.45) is 9.98 Å². The van der Waals surface area contributed by atoms with Gasteiger partial charge in [-0.1, -0.05) is 0 Å². The topological polar surface area (TPSA) is 61.6 Å². The fourth-order valence-electron chi connectivity index (χ4n) is 1.21. The third-order valence-corrected chi connectivity index (χ3v) is 1.92. The van der Waals surface area contributed by atoms with Crippen molar-refractivity contribution in [3.8, 4) is 0 Å². The van der Waals surface area contributed by atoms with Gasteiger partial charge in [-0.05, 0) is 0 Å². The van der Waals surface area contributed by atoms with Gasteiger partial charge >= 0.3 is 0 Å². The Labute approximate surface area is 103 Å². The number of ether oxygens (including phenoxy) is 4. The summed E-state index contributed by atoms with van der Waals surface area (Å²) >= 11 is 0. The minimum Gasteiger partial charge on any atom is -0.382 e. The van der Waals surface area contributed by atoms with Crippen molar-refractivity contribution in [1.29, 1.82) is 0 Å². The van der Waals surface area contributed by atoms with Gasteiger partial charge in [-0.25, -0.2) is 9.98 Å². The highest BCUT2D eigenvalue weighted by atomic mass is 16.5. The van der Waals surface area contributed by atoms with Crippen LogP contribution >= 0.6 is 0 Å². The molecule has 0 aromatic rings. The quantitative estimate of drug-likeness (QED) is 0.526. The van der Waals surface area contributed by atoms with Crippen LogP contribution in [0.1, 0.15) is 0 Å². The Morgan fingerprint density at radius 1 is 0.706 bits per heavy atom. The highest BCUT2D eigenvalue weighted by Gasteiger charge is 2.06. The Hall–Kier alpha value is -0.780. The molecule has 0 rings (SSSR count). The average Bonchev–Trinajstić information content (AvgIpc) is 2.30. The number of rotatable bonds is 10. The van der Waals surface area contributed by atoms with Crippen molar-refractivity contribution < 1.29 is 18.9 Å². The Bertz CT molecular complexity index is 198. The Kier molecular flexibility index (Phi) is 11.2. The maximum Gasteiger partial charge on any atom is 0.107 e. The van der Waals surface area contributed by atoms with Crippen LogP contribution in [0.3, 0.4) is 0 Å². The molecular weight excluding hydrogens is 224 g/mol. The van der Waals surface area contributed by atoms with Crippen LogP contribution in [-0.2, 0) is 18.9 Å². The molecule has 0 heterocycles. The van der Waals surface area contributed by atoms with Crippen LogP contribution < -0.4 is 0 Å². The highest BCUT2D eigenvalue weighted by molar-refractivity contribution is 5.42. The lowest BCUT2D eigenvalue weighted by molar-refractivity contribution is 0.118. The molecular formula is C11H22N2O4. The number of nitrogens with zero attached hydrogens (tertiary/aromatic N) is 2. The molecule has 0 atom stereocenters. The first-order valence-electron chi connectivity index (χ1n) is 5.38. The molecule has 0 aliphatic carbocycles. The number of methoxy groups -OCH3 is 4. The van der Waals surface area contributed by atoms with Crippen molar-refractivity contribution in [3.05, 3.63) is 0 Å². The predicted molar refractivity (Wildman–Crippen MR) is 64.9 cm³/mol. The smallest absolute Gasteiger partial charge is 0.107 e. The van der Waals surface area contributed by atoms with Gasteiger partial charge in [-0.2, -0.15) is 0 Å². The number of hydrogen-bond acceptors (Lipinski definition) is 6. The van der Waals surface area contributed by atoms with E-state index < -0.39 is 0 Å². The van der Waals surface area contributed by atoms with Gasteiger partial charge in [-0.15, -0.1) is 0 Å². The van der Waals surface area contributed by atoms with Crippen molar-refractivity contribution in [2.45, 2.75) is 12.1 Å². The number of hydrogen-bond donors (Lipinski definition) is 0. The SMILES string of the molecule is COCC(COC)N=C=NC(COC)COC. The summed E-state index contributed by atoms with van der Waals surface area (Å²) in [5.41, 5.74) is 0. The average molecular weight is 246 g/mol. The molecule has 0 fully saturated rings. The van der Waals surface area contributed by atoms with Crippen molar-refractivity contribution in [2.75, 3.05) is 54.9 Å². The van der Waals surface area contributed by atoms with Gasteiger partial charge in [-0.3, -0.25) is 0 Å². The fraction of sp³-hybridized carbons (Fsp3) is 0.909. The van der Waals surface area contributed by atoms with Crippen LogP contribution in [0.4, 0.5) is 0 Å². The molecule has 0 radical (unpaired) electrons. The summed E-state index contributed by atoms with van der Waals surface area (Å²) in [4.78, 5) is 8.26. The lowest BCUT2D eigenvalue weighted by atomic mass is 10.3. The van der Waals surface area contributed by atoms with E-state index in [-0.39, 0.29) is 12.1 Å². The first-order chi connectivity index (χ1) is 8.28. The first-order valence-corrected chi connectivity index (χ1v) is 5.38. The van der Waals surface area contributed by atoms with Crippen LogP contribution in [0.15, 0.2) is 9.98 Å². The summed E-state index contributed by atoms with van der Waals surface area (Å²) in [6.45, 7) is 1.93. The predicted octanol–water partition coefficient (Wildman–Crippen LogP) is 0.483. The Morgan fingerprint density at radius 3 is 1.24 bits per heavy atom. The van der Waals surface area contributed by atoms with E-state index in [4.69, 9.17) is 18.9 Å². The zero-order valence-electron chi connectivity index (χ0n) is 11.0. The third-order valence-electron chi connectivity index (χ3n) is 1.92. The molecule has 0 amide bonds. The zero-order chi connectivity index (χ0) is 12.9. The van der Waals surface area contributed by atoms with E-state index in [1.54, 1.807) is 28.4 Å².